The Kier molecular flexibility index (Phi) is 7.43. The van der Waals surface area contributed by atoms with Gasteiger partial charge in [0.15, 0.2) is 0 Å². The van der Waals surface area contributed by atoms with E-state index >= 15 is 0 Å². The number of fused-ring (bicyclic) bond motifs is 1. The summed E-state index contributed by atoms with van der Waals surface area (Å²) in [7, 11) is 3.39. The maximum atomic E-state index is 13.1. The van der Waals surface area contributed by atoms with Crippen molar-refractivity contribution in [2.24, 2.45) is 5.92 Å². The molecule has 0 radical (unpaired) electrons. The van der Waals surface area contributed by atoms with Crippen LogP contribution in [-0.2, 0) is 17.9 Å². The first kappa shape index (κ1) is 24.3. The minimum absolute atomic E-state index is 0.136. The van der Waals surface area contributed by atoms with Crippen molar-refractivity contribution in [2.45, 2.75) is 46.4 Å². The molecule has 0 aliphatic rings. The molecule has 0 aliphatic heterocycles. The zero-order valence-electron chi connectivity index (χ0n) is 20.1. The smallest absolute Gasteiger partial charge is 0.253 e. The average molecular weight is 451 g/mol. The standard InChI is InChI=1S/C26H34N4O3/c1-16(2)12-24(31)26(33)29(4)14-19-13-18(10-11-21(19)27)25(32)30(5)15-23-17(3)20-8-6-7-9-22(20)28-23/h6-11,13,16,24,28,31H,12,14-15,27H2,1-5H3. The summed E-state index contributed by atoms with van der Waals surface area (Å²) in [5, 5.41) is 11.3. The maximum absolute atomic E-state index is 13.1. The van der Waals surface area contributed by atoms with Crippen LogP contribution in [0.5, 0.6) is 0 Å². The van der Waals surface area contributed by atoms with Crippen LogP contribution in [0, 0.1) is 12.8 Å². The molecule has 0 bridgehead atoms. The van der Waals surface area contributed by atoms with E-state index in [4.69, 9.17) is 5.73 Å². The second-order valence-corrected chi connectivity index (χ2v) is 9.19. The monoisotopic (exact) mass is 450 g/mol. The molecule has 2 amide bonds. The fraction of sp³-hybridized carbons (Fsp3) is 0.385. The van der Waals surface area contributed by atoms with Crippen LogP contribution >= 0.6 is 0 Å². The lowest BCUT2D eigenvalue weighted by atomic mass is 10.0. The quantitative estimate of drug-likeness (QED) is 0.455. The molecule has 3 rings (SSSR count). The number of likely N-dealkylation sites (N-methyl/N-ethyl adjacent to an activating group) is 1. The molecule has 1 heterocycles. The number of aromatic nitrogens is 1. The number of aromatic amines is 1. The molecule has 0 saturated carbocycles. The Morgan fingerprint density at radius 2 is 1.76 bits per heavy atom. The summed E-state index contributed by atoms with van der Waals surface area (Å²) in [4.78, 5) is 32.1. The van der Waals surface area contributed by atoms with Crippen LogP contribution in [0.4, 0.5) is 5.69 Å². The molecule has 2 aromatic carbocycles. The maximum Gasteiger partial charge on any atom is 0.253 e. The lowest BCUT2D eigenvalue weighted by Crippen LogP contribution is -2.36. The average Bonchev–Trinajstić information content (AvgIpc) is 3.09. The third-order valence-electron chi connectivity index (χ3n) is 5.96. The molecule has 7 nitrogen and oxygen atoms in total. The number of nitrogen functional groups attached to an aromatic ring is 1. The van der Waals surface area contributed by atoms with Crippen molar-refractivity contribution in [2.75, 3.05) is 19.8 Å². The fourth-order valence-electron chi connectivity index (χ4n) is 4.04. The number of rotatable bonds is 8. The molecule has 0 fully saturated rings. The highest BCUT2D eigenvalue weighted by atomic mass is 16.3. The van der Waals surface area contributed by atoms with E-state index in [1.807, 2.05) is 39.0 Å². The molecule has 33 heavy (non-hydrogen) atoms. The molecule has 0 aliphatic carbocycles. The minimum Gasteiger partial charge on any atom is -0.398 e. The Labute approximate surface area is 195 Å². The van der Waals surface area contributed by atoms with E-state index in [1.54, 1.807) is 37.2 Å². The third-order valence-corrected chi connectivity index (χ3v) is 5.96. The molecule has 1 aromatic heterocycles. The van der Waals surface area contributed by atoms with Gasteiger partial charge in [-0.3, -0.25) is 9.59 Å². The van der Waals surface area contributed by atoms with Crippen molar-refractivity contribution in [3.8, 4) is 0 Å². The second kappa shape index (κ2) is 10.1. The number of aliphatic hydroxyl groups is 1. The molecule has 0 saturated heterocycles. The van der Waals surface area contributed by atoms with E-state index in [0.717, 1.165) is 22.2 Å². The molecule has 1 atom stereocenters. The summed E-state index contributed by atoms with van der Waals surface area (Å²) >= 11 is 0. The van der Waals surface area contributed by atoms with Crippen LogP contribution in [0.25, 0.3) is 10.9 Å². The normalized spacial score (nSPS) is 12.2. The number of para-hydroxylation sites is 1. The number of hydrogen-bond acceptors (Lipinski definition) is 4. The first-order valence-corrected chi connectivity index (χ1v) is 11.2. The predicted molar refractivity (Wildman–Crippen MR) is 132 cm³/mol. The van der Waals surface area contributed by atoms with Gasteiger partial charge >= 0.3 is 0 Å². The summed E-state index contributed by atoms with van der Waals surface area (Å²) in [6.45, 7) is 6.62. The molecule has 4 N–H and O–H groups in total. The van der Waals surface area contributed by atoms with Gasteiger partial charge in [-0.15, -0.1) is 0 Å². The van der Waals surface area contributed by atoms with Gasteiger partial charge in [-0.1, -0.05) is 32.0 Å². The number of anilines is 1. The first-order valence-electron chi connectivity index (χ1n) is 11.2. The van der Waals surface area contributed by atoms with Gasteiger partial charge in [0.25, 0.3) is 11.8 Å². The highest BCUT2D eigenvalue weighted by Crippen LogP contribution is 2.23. The number of carbonyl (C=O) groups is 2. The van der Waals surface area contributed by atoms with Gasteiger partial charge in [0.2, 0.25) is 0 Å². The summed E-state index contributed by atoms with van der Waals surface area (Å²) in [6.07, 6.45) is -0.651. The van der Waals surface area contributed by atoms with Gasteiger partial charge in [-0.2, -0.15) is 0 Å². The van der Waals surface area contributed by atoms with Crippen molar-refractivity contribution in [1.82, 2.24) is 14.8 Å². The van der Waals surface area contributed by atoms with Crippen LogP contribution in [0.1, 0.15) is 47.4 Å². The molecule has 1 unspecified atom stereocenters. The van der Waals surface area contributed by atoms with Crippen molar-refractivity contribution in [3.05, 3.63) is 64.8 Å². The summed E-state index contributed by atoms with van der Waals surface area (Å²) in [5.74, 6) is -0.283. The van der Waals surface area contributed by atoms with Crippen LogP contribution in [0.2, 0.25) is 0 Å². The van der Waals surface area contributed by atoms with Crippen molar-refractivity contribution in [1.29, 1.82) is 0 Å². The Hall–Kier alpha value is -3.32. The van der Waals surface area contributed by atoms with Crippen molar-refractivity contribution >= 4 is 28.4 Å². The fourth-order valence-corrected chi connectivity index (χ4v) is 4.04. The Morgan fingerprint density at radius 3 is 2.42 bits per heavy atom. The van der Waals surface area contributed by atoms with Gasteiger partial charge in [-0.05, 0) is 54.7 Å². The SMILES string of the molecule is Cc1c(CN(C)C(=O)c2ccc(N)c(CN(C)C(=O)C(O)CC(C)C)c2)[nH]c2ccccc12. The van der Waals surface area contributed by atoms with Gasteiger partial charge in [-0.25, -0.2) is 0 Å². The van der Waals surface area contributed by atoms with E-state index in [-0.39, 0.29) is 24.3 Å². The third kappa shape index (κ3) is 5.54. The van der Waals surface area contributed by atoms with Gasteiger partial charge in [0.05, 0.1) is 6.54 Å². The number of amides is 2. The van der Waals surface area contributed by atoms with Gasteiger partial charge in [0.1, 0.15) is 6.10 Å². The predicted octanol–water partition coefficient (Wildman–Crippen LogP) is 3.70. The van der Waals surface area contributed by atoms with Crippen molar-refractivity contribution < 1.29 is 14.7 Å². The highest BCUT2D eigenvalue weighted by molar-refractivity contribution is 5.95. The van der Waals surface area contributed by atoms with E-state index in [0.29, 0.717) is 29.8 Å². The van der Waals surface area contributed by atoms with Crippen LogP contribution in [0.3, 0.4) is 0 Å². The number of aryl methyl sites for hydroxylation is 1. The zero-order chi connectivity index (χ0) is 24.3. The van der Waals surface area contributed by atoms with Crippen LogP contribution in [-0.4, -0.2) is 51.9 Å². The molecular formula is C26H34N4O3. The van der Waals surface area contributed by atoms with Crippen LogP contribution in [0.15, 0.2) is 42.5 Å². The Balaban J connectivity index is 1.74. The van der Waals surface area contributed by atoms with E-state index in [9.17, 15) is 14.7 Å². The summed E-state index contributed by atoms with van der Waals surface area (Å²) < 4.78 is 0. The number of aliphatic hydroxyl groups excluding tert-OH is 1. The van der Waals surface area contributed by atoms with Gasteiger partial charge in [0, 0.05) is 48.5 Å². The Morgan fingerprint density at radius 1 is 1.06 bits per heavy atom. The highest BCUT2D eigenvalue weighted by Gasteiger charge is 2.22. The number of H-pyrrole nitrogens is 1. The number of carbonyl (C=O) groups excluding carboxylic acids is 2. The number of hydrogen-bond donors (Lipinski definition) is 3. The molecule has 176 valence electrons. The van der Waals surface area contributed by atoms with Crippen molar-refractivity contribution in [3.63, 3.8) is 0 Å². The lowest BCUT2D eigenvalue weighted by molar-refractivity contribution is -0.140. The summed E-state index contributed by atoms with van der Waals surface area (Å²) in [5.41, 5.74) is 11.0. The van der Waals surface area contributed by atoms with E-state index < -0.39 is 6.10 Å². The largest absolute Gasteiger partial charge is 0.398 e. The van der Waals surface area contributed by atoms with E-state index in [1.165, 1.54) is 4.90 Å². The van der Waals surface area contributed by atoms with Crippen LogP contribution < -0.4 is 5.73 Å². The number of nitrogens with zero attached hydrogens (tertiary/aromatic N) is 2. The minimum atomic E-state index is -1.05. The number of benzene rings is 2. The van der Waals surface area contributed by atoms with E-state index in [2.05, 4.69) is 11.1 Å². The summed E-state index contributed by atoms with van der Waals surface area (Å²) in [6, 6.07) is 13.2. The molecule has 3 aromatic rings. The topological polar surface area (TPSA) is 103 Å². The zero-order valence-corrected chi connectivity index (χ0v) is 20.1. The molecule has 7 heteroatoms. The first-order chi connectivity index (χ1) is 15.6. The Bertz CT molecular complexity index is 1150. The number of nitrogens with one attached hydrogen (secondary N) is 1. The molecule has 0 spiro atoms. The molecular weight excluding hydrogens is 416 g/mol. The van der Waals surface area contributed by atoms with Gasteiger partial charge < -0.3 is 25.6 Å². The number of nitrogens with two attached hydrogens (primary N) is 1. The lowest BCUT2D eigenvalue weighted by Gasteiger charge is -2.23. The second-order valence-electron chi connectivity index (χ2n) is 9.19.